The van der Waals surface area contributed by atoms with Crippen molar-refractivity contribution in [3.63, 3.8) is 0 Å². The molecule has 5 rings (SSSR count). The molecule has 1 saturated carbocycles. The summed E-state index contributed by atoms with van der Waals surface area (Å²) in [6, 6.07) is 4.85. The van der Waals surface area contributed by atoms with Crippen LogP contribution in [-0.4, -0.2) is 54.0 Å². The second-order valence-electron chi connectivity index (χ2n) is 9.91. The van der Waals surface area contributed by atoms with Crippen LogP contribution >= 0.6 is 0 Å². The zero-order valence-corrected chi connectivity index (χ0v) is 19.2. The summed E-state index contributed by atoms with van der Waals surface area (Å²) >= 11 is 0. The Bertz CT molecular complexity index is 1010. The molecular formula is C25H29F4N3O2. The quantitative estimate of drug-likeness (QED) is 0.557. The summed E-state index contributed by atoms with van der Waals surface area (Å²) in [5.74, 6) is 0.501. The molecule has 2 saturated heterocycles. The summed E-state index contributed by atoms with van der Waals surface area (Å²) in [5, 5.41) is 7.76. The molecule has 184 valence electrons. The van der Waals surface area contributed by atoms with Crippen molar-refractivity contribution in [1.29, 1.82) is 0 Å². The number of rotatable bonds is 5. The molecule has 0 bridgehead atoms. The van der Waals surface area contributed by atoms with E-state index in [2.05, 4.69) is 15.1 Å². The molecular weight excluding hydrogens is 450 g/mol. The van der Waals surface area contributed by atoms with Gasteiger partial charge in [0, 0.05) is 38.4 Å². The van der Waals surface area contributed by atoms with Crippen LogP contribution in [0.3, 0.4) is 0 Å². The van der Waals surface area contributed by atoms with Gasteiger partial charge in [-0.1, -0.05) is 6.07 Å². The van der Waals surface area contributed by atoms with E-state index in [-0.39, 0.29) is 17.4 Å². The Morgan fingerprint density at radius 2 is 1.76 bits per heavy atom. The second kappa shape index (κ2) is 9.41. The summed E-state index contributed by atoms with van der Waals surface area (Å²) in [5.41, 5.74) is -0.0981. The molecule has 3 heterocycles. The van der Waals surface area contributed by atoms with Gasteiger partial charge in [0.05, 0.1) is 5.69 Å². The topological polar surface area (TPSA) is 47.5 Å². The largest absolute Gasteiger partial charge is 0.473 e. The summed E-state index contributed by atoms with van der Waals surface area (Å²) in [6.45, 7) is 6.38. The van der Waals surface area contributed by atoms with Crippen molar-refractivity contribution in [2.24, 2.45) is 17.8 Å². The first-order valence-electron chi connectivity index (χ1n) is 11.9. The Morgan fingerprint density at radius 1 is 1.06 bits per heavy atom. The van der Waals surface area contributed by atoms with Crippen molar-refractivity contribution in [2.45, 2.75) is 44.9 Å². The standard InChI is InChI=1S/C25H29F4N3O2/c1-15-2-3-19(26)10-21(15)23-11-22(25(27,28)29)24(31-30-23)34-20-8-17-13-32(14-18(17)9-20)12-16-4-6-33-7-5-16/h2-3,10-11,16-18,20H,4-9,12-14H2,1H3/t17-,18+,20+. The first kappa shape index (κ1) is 23.5. The van der Waals surface area contributed by atoms with Crippen LogP contribution in [0.4, 0.5) is 17.6 Å². The number of aromatic nitrogens is 2. The number of ether oxygens (including phenoxy) is 2. The van der Waals surface area contributed by atoms with E-state index in [4.69, 9.17) is 9.47 Å². The maximum absolute atomic E-state index is 13.9. The normalized spacial score (nSPS) is 26.1. The van der Waals surface area contributed by atoms with Gasteiger partial charge in [-0.05, 0) is 74.1 Å². The van der Waals surface area contributed by atoms with E-state index in [0.717, 1.165) is 64.6 Å². The van der Waals surface area contributed by atoms with Crippen molar-refractivity contribution in [1.82, 2.24) is 15.1 Å². The molecule has 1 aromatic heterocycles. The summed E-state index contributed by atoms with van der Waals surface area (Å²) < 4.78 is 66.5. The van der Waals surface area contributed by atoms with Gasteiger partial charge >= 0.3 is 6.18 Å². The molecule has 5 nitrogen and oxygen atoms in total. The fourth-order valence-corrected chi connectivity index (χ4v) is 5.71. The number of halogens is 4. The number of nitrogens with zero attached hydrogens (tertiary/aromatic N) is 3. The maximum Gasteiger partial charge on any atom is 0.421 e. The Labute approximate surface area is 196 Å². The Hall–Kier alpha value is -2.26. The van der Waals surface area contributed by atoms with Crippen molar-refractivity contribution in [3.8, 4) is 17.1 Å². The van der Waals surface area contributed by atoms with E-state index in [0.29, 0.717) is 23.3 Å². The van der Waals surface area contributed by atoms with Gasteiger partial charge in [-0.15, -0.1) is 10.2 Å². The van der Waals surface area contributed by atoms with Crippen LogP contribution in [0.15, 0.2) is 24.3 Å². The molecule has 3 atom stereocenters. The smallest absolute Gasteiger partial charge is 0.421 e. The third-order valence-corrected chi connectivity index (χ3v) is 7.46. The Balaban J connectivity index is 1.26. The van der Waals surface area contributed by atoms with Gasteiger partial charge in [0.2, 0.25) is 5.88 Å². The fourth-order valence-electron chi connectivity index (χ4n) is 5.71. The number of hydrogen-bond acceptors (Lipinski definition) is 5. The minimum absolute atomic E-state index is 0.0243. The number of hydrogen-bond donors (Lipinski definition) is 0. The molecule has 0 amide bonds. The summed E-state index contributed by atoms with van der Waals surface area (Å²) in [4.78, 5) is 2.50. The number of fused-ring (bicyclic) bond motifs is 1. The van der Waals surface area contributed by atoms with Gasteiger partial charge in [-0.2, -0.15) is 13.2 Å². The SMILES string of the molecule is Cc1ccc(F)cc1-c1cc(C(F)(F)F)c(O[C@H]2C[C@@H]3CN(CC4CCOCC4)C[C@@H]3C2)nn1. The average molecular weight is 480 g/mol. The van der Waals surface area contributed by atoms with Crippen LogP contribution in [0.25, 0.3) is 11.3 Å². The van der Waals surface area contributed by atoms with Crippen LogP contribution in [0, 0.1) is 30.5 Å². The highest BCUT2D eigenvalue weighted by atomic mass is 19.4. The maximum atomic E-state index is 13.9. The van der Waals surface area contributed by atoms with Crippen molar-refractivity contribution in [2.75, 3.05) is 32.8 Å². The third kappa shape index (κ3) is 5.05. The molecule has 9 heteroatoms. The van der Waals surface area contributed by atoms with E-state index in [1.54, 1.807) is 6.92 Å². The third-order valence-electron chi connectivity index (χ3n) is 7.46. The minimum Gasteiger partial charge on any atom is -0.473 e. The van der Waals surface area contributed by atoms with Crippen LogP contribution in [0.1, 0.15) is 36.8 Å². The van der Waals surface area contributed by atoms with Crippen LogP contribution in [-0.2, 0) is 10.9 Å². The molecule has 2 aliphatic heterocycles. The lowest BCUT2D eigenvalue weighted by Gasteiger charge is -2.27. The molecule has 0 radical (unpaired) electrons. The highest BCUT2D eigenvalue weighted by molar-refractivity contribution is 5.64. The van der Waals surface area contributed by atoms with Gasteiger partial charge in [-0.25, -0.2) is 4.39 Å². The lowest BCUT2D eigenvalue weighted by atomic mass is 10.00. The first-order valence-corrected chi connectivity index (χ1v) is 11.9. The van der Waals surface area contributed by atoms with Crippen molar-refractivity contribution < 1.29 is 27.0 Å². The highest BCUT2D eigenvalue weighted by Crippen LogP contribution is 2.42. The summed E-state index contributed by atoms with van der Waals surface area (Å²) in [6.07, 6.45) is -1.33. The predicted molar refractivity (Wildman–Crippen MR) is 118 cm³/mol. The van der Waals surface area contributed by atoms with Gasteiger partial charge < -0.3 is 14.4 Å². The Morgan fingerprint density at radius 3 is 2.44 bits per heavy atom. The molecule has 0 N–H and O–H groups in total. The Kier molecular flexibility index (Phi) is 6.50. The number of likely N-dealkylation sites (tertiary alicyclic amines) is 1. The van der Waals surface area contributed by atoms with Crippen molar-refractivity contribution in [3.05, 3.63) is 41.2 Å². The van der Waals surface area contributed by atoms with E-state index in [1.807, 2.05) is 0 Å². The van der Waals surface area contributed by atoms with Crippen LogP contribution in [0.2, 0.25) is 0 Å². The van der Waals surface area contributed by atoms with Gasteiger partial charge in [0.1, 0.15) is 17.5 Å². The fraction of sp³-hybridized carbons (Fsp3) is 0.600. The van der Waals surface area contributed by atoms with E-state index < -0.39 is 23.4 Å². The zero-order valence-electron chi connectivity index (χ0n) is 19.2. The molecule has 1 aromatic carbocycles. The summed E-state index contributed by atoms with van der Waals surface area (Å²) in [7, 11) is 0. The number of benzene rings is 1. The van der Waals surface area contributed by atoms with Crippen LogP contribution < -0.4 is 4.74 Å². The monoisotopic (exact) mass is 479 g/mol. The van der Waals surface area contributed by atoms with Gasteiger partial charge in [-0.3, -0.25) is 0 Å². The molecule has 3 aliphatic rings. The predicted octanol–water partition coefficient (Wildman–Crippen LogP) is 5.13. The van der Waals surface area contributed by atoms with E-state index >= 15 is 0 Å². The van der Waals surface area contributed by atoms with Crippen LogP contribution in [0.5, 0.6) is 5.88 Å². The lowest BCUT2D eigenvalue weighted by molar-refractivity contribution is -0.139. The van der Waals surface area contributed by atoms with Crippen molar-refractivity contribution >= 4 is 0 Å². The lowest BCUT2D eigenvalue weighted by Crippen LogP contribution is -2.32. The average Bonchev–Trinajstić information content (AvgIpc) is 3.33. The minimum atomic E-state index is -4.66. The van der Waals surface area contributed by atoms with E-state index in [1.165, 1.54) is 18.2 Å². The molecule has 3 fully saturated rings. The molecule has 1 aliphatic carbocycles. The molecule has 0 spiro atoms. The van der Waals surface area contributed by atoms with Gasteiger partial charge in [0.15, 0.2) is 0 Å². The molecule has 34 heavy (non-hydrogen) atoms. The highest BCUT2D eigenvalue weighted by Gasteiger charge is 2.44. The number of alkyl halides is 3. The van der Waals surface area contributed by atoms with E-state index in [9.17, 15) is 17.6 Å². The van der Waals surface area contributed by atoms with Gasteiger partial charge in [0.25, 0.3) is 0 Å². The zero-order chi connectivity index (χ0) is 23.9. The molecule has 2 aromatic rings. The molecule has 0 unspecified atom stereocenters. The first-order chi connectivity index (χ1) is 16.3. The number of aryl methyl sites for hydroxylation is 1. The second-order valence-corrected chi connectivity index (χ2v) is 9.91.